The zero-order valence-electron chi connectivity index (χ0n) is 56.3. The first kappa shape index (κ1) is 78.7. The normalized spacial score (nSPS) is 18.9. The van der Waals surface area contributed by atoms with Gasteiger partial charge in [0.25, 0.3) is 0 Å². The lowest BCUT2D eigenvalue weighted by molar-refractivity contribution is -0.380. The van der Waals surface area contributed by atoms with Gasteiger partial charge >= 0.3 is 95.5 Å². The summed E-state index contributed by atoms with van der Waals surface area (Å²) in [7, 11) is 0. The summed E-state index contributed by atoms with van der Waals surface area (Å²) in [6, 6.07) is 32.7. The molecule has 0 unspecified atom stereocenters. The van der Waals surface area contributed by atoms with Crippen molar-refractivity contribution in [2.45, 2.75) is 54.8 Å². The summed E-state index contributed by atoms with van der Waals surface area (Å²) in [5, 5.41) is 82.8. The Morgan fingerprint density at radius 2 is 0.486 bits per heavy atom. The van der Waals surface area contributed by atoms with E-state index in [1.807, 2.05) is 0 Å². The molecule has 9 atom stereocenters. The molecule has 568 valence electrons. The molecule has 0 radical (unpaired) electrons. The molecule has 0 aromatic heterocycles. The smallest absolute Gasteiger partial charge is 0.339 e. The van der Waals surface area contributed by atoms with Gasteiger partial charge in [-0.05, 0) is 97.1 Å². The molecule has 35 nitrogen and oxygen atoms in total. The predicted molar refractivity (Wildman–Crippen MR) is 361 cm³/mol. The largest absolute Gasteiger partial charge is 0.478 e. The maximum Gasteiger partial charge on any atom is 0.339 e. The molecule has 2 aliphatic rings. The molecular weight excluding hydrogens is 1470 g/mol. The van der Waals surface area contributed by atoms with E-state index in [2.05, 4.69) is 0 Å². The predicted octanol–water partition coefficient (Wildman–Crippen LogP) is 7.11. The van der Waals surface area contributed by atoms with Gasteiger partial charge in [0.2, 0.25) is 12.1 Å². The fourth-order valence-electron chi connectivity index (χ4n) is 11.6. The average Bonchev–Trinajstić information content (AvgIpc) is 1.63. The van der Waals surface area contributed by atoms with Crippen molar-refractivity contribution in [3.63, 3.8) is 0 Å². The molecule has 0 amide bonds. The van der Waals surface area contributed by atoms with Crippen LogP contribution in [-0.4, -0.2) is 211 Å². The monoisotopic (exact) mass is 1530 g/mol. The average molecular weight is 1530 g/mol. The van der Waals surface area contributed by atoms with Crippen LogP contribution in [0.3, 0.4) is 0 Å². The lowest BCUT2D eigenvalue weighted by Crippen LogP contribution is -2.66. The van der Waals surface area contributed by atoms with Crippen molar-refractivity contribution in [1.82, 2.24) is 0 Å². The Labute approximate surface area is 620 Å². The molecular formula is C76H54O35. The van der Waals surface area contributed by atoms with E-state index in [4.69, 9.17) is 52.1 Å². The van der Waals surface area contributed by atoms with Crippen LogP contribution in [0, 0.1) is 0 Å². The Morgan fingerprint density at radius 1 is 0.261 bits per heavy atom. The van der Waals surface area contributed by atoms with Crippen molar-refractivity contribution >= 4 is 95.5 Å². The third-order valence-electron chi connectivity index (χ3n) is 16.7. The second-order valence-corrected chi connectivity index (χ2v) is 23.5. The van der Waals surface area contributed by atoms with E-state index in [9.17, 15) is 98.4 Å². The Kier molecular flexibility index (Phi) is 24.2. The molecule has 2 aliphatic heterocycles. The SMILES string of the molecule is O=C(O)c1ccccc1C(=O)OC[C@H]1O[C@@](COC(=O)c2ccccc2C(=O)O)(O[C@H]2O[C@H](COC(=O)c3ccccc3C(=O)O)[C@@H](OC(=O)c3ccccc3C(=O)O)[C@H](OC(=O)c3ccccc3C(=O)O)[C@H]2OC(=O)c2ccccc2C(=O)O)[C@@H](OC(=O)c2ccccc2C(=O)O)[C@@H]1OC(=O)c1ccccc1C(=O)O. The van der Waals surface area contributed by atoms with Crippen LogP contribution in [0.4, 0.5) is 0 Å². The number of hydrogen-bond donors (Lipinski definition) is 8. The van der Waals surface area contributed by atoms with Gasteiger partial charge in [-0.1, -0.05) is 97.1 Å². The number of carboxylic acids is 8. The summed E-state index contributed by atoms with van der Waals surface area (Å²) >= 11 is 0. The molecule has 10 rings (SSSR count). The number of ether oxygens (including phenoxy) is 11. The lowest BCUT2D eigenvalue weighted by atomic mass is 9.96. The van der Waals surface area contributed by atoms with Gasteiger partial charge in [-0.15, -0.1) is 0 Å². The number of carbonyl (C=O) groups is 16. The molecule has 0 saturated carbocycles. The highest BCUT2D eigenvalue weighted by atomic mass is 16.8. The van der Waals surface area contributed by atoms with Crippen molar-refractivity contribution in [3.8, 4) is 0 Å². The number of hydrogen-bond acceptors (Lipinski definition) is 27. The minimum Gasteiger partial charge on any atom is -0.478 e. The maximum atomic E-state index is 15.3. The van der Waals surface area contributed by atoms with Gasteiger partial charge in [-0.3, -0.25) is 0 Å². The van der Waals surface area contributed by atoms with Crippen LogP contribution in [-0.2, 0) is 52.1 Å². The zero-order chi connectivity index (χ0) is 80.1. The van der Waals surface area contributed by atoms with Gasteiger partial charge in [-0.2, -0.15) is 0 Å². The van der Waals surface area contributed by atoms with Crippen molar-refractivity contribution in [3.05, 3.63) is 283 Å². The molecule has 2 fully saturated rings. The van der Waals surface area contributed by atoms with E-state index in [1.165, 1.54) is 24.3 Å². The number of rotatable bonds is 29. The van der Waals surface area contributed by atoms with E-state index in [-0.39, 0.29) is 0 Å². The number of aromatic carboxylic acids is 8. The van der Waals surface area contributed by atoms with E-state index in [0.29, 0.717) is 0 Å². The van der Waals surface area contributed by atoms with Gasteiger partial charge in [-0.25, -0.2) is 76.7 Å². The fourth-order valence-corrected chi connectivity index (χ4v) is 11.6. The Morgan fingerprint density at radius 3 is 0.775 bits per heavy atom. The first-order valence-corrected chi connectivity index (χ1v) is 32.2. The third kappa shape index (κ3) is 17.5. The van der Waals surface area contributed by atoms with Crippen LogP contribution >= 0.6 is 0 Å². The van der Waals surface area contributed by atoms with E-state index in [1.54, 1.807) is 0 Å². The molecule has 2 heterocycles. The van der Waals surface area contributed by atoms with Crippen LogP contribution < -0.4 is 0 Å². The van der Waals surface area contributed by atoms with Crippen molar-refractivity contribution < 1.29 is 170 Å². The van der Waals surface area contributed by atoms with Crippen LogP contribution in [0.2, 0.25) is 0 Å². The highest BCUT2D eigenvalue weighted by molar-refractivity contribution is 6.08. The zero-order valence-corrected chi connectivity index (χ0v) is 56.3. The van der Waals surface area contributed by atoms with Gasteiger partial charge in [0.1, 0.15) is 32.0 Å². The van der Waals surface area contributed by atoms with Crippen LogP contribution in [0.15, 0.2) is 194 Å². The second kappa shape index (κ2) is 34.2. The van der Waals surface area contributed by atoms with Crippen molar-refractivity contribution in [2.75, 3.05) is 19.8 Å². The summed E-state index contributed by atoms with van der Waals surface area (Å²) in [5.74, 6) is -31.9. The molecule has 0 spiro atoms. The number of benzene rings is 8. The van der Waals surface area contributed by atoms with Crippen LogP contribution in [0.1, 0.15) is 166 Å². The number of esters is 8. The van der Waals surface area contributed by atoms with Gasteiger partial charge in [0, 0.05) is 0 Å². The standard InChI is InChI=1S/C76H54O35/c77-59(78)36-17-1-9-25-44(36)67(93)101-33-52-54(105-70(96)47-28-12-4-20-39(47)62(83)84)56(107-72(98)49-30-14-6-22-41(49)64(87)88)57(108-73(99)50-31-15-7-23-42(50)65(89)90)75(104-52)111-76(35-103-69(95)46-27-11-3-19-38(46)61(81)82)58(109-74(100)51-32-16-8-24-43(51)66(91)92)55(106-71(97)48-29-13-5-21-40(48)63(85)86)53(110-76)34-102-68(94)45-26-10-2-18-37(45)60(79)80/h1-32,52-58,75H,33-35H2,(H,77,78)(H,79,80)(H,81,82)(H,83,84)(H,85,86)(H,87,88)(H,89,90)(H,91,92)/t52-,53-,54-,55-,56+,57-,58+,75-,76+/m1/s1. The molecule has 0 aliphatic carbocycles. The minimum absolute atomic E-state index is 0.704. The summed E-state index contributed by atoms with van der Waals surface area (Å²) in [4.78, 5) is 222. The highest BCUT2D eigenvalue weighted by Crippen LogP contribution is 2.44. The minimum atomic E-state index is -3.75. The quantitative estimate of drug-likeness (QED) is 0.0171. The third-order valence-corrected chi connectivity index (χ3v) is 16.7. The number of carbonyl (C=O) groups excluding carboxylic acids is 8. The first-order chi connectivity index (χ1) is 53.0. The molecule has 8 aromatic carbocycles. The van der Waals surface area contributed by atoms with Crippen LogP contribution in [0.25, 0.3) is 0 Å². The summed E-state index contributed by atoms with van der Waals surface area (Å²) in [6.07, 6.45) is -22.4. The Balaban J connectivity index is 1.28. The first-order valence-electron chi connectivity index (χ1n) is 32.2. The molecule has 8 aromatic rings. The molecule has 8 N–H and O–H groups in total. The molecule has 111 heavy (non-hydrogen) atoms. The lowest BCUT2D eigenvalue weighted by Gasteiger charge is -2.46. The molecule has 2 saturated heterocycles. The maximum absolute atomic E-state index is 15.3. The Hall–Kier alpha value is -14.8. The van der Waals surface area contributed by atoms with Gasteiger partial charge in [0.15, 0.2) is 30.5 Å². The van der Waals surface area contributed by atoms with Crippen LogP contribution in [0.5, 0.6) is 0 Å². The summed E-state index contributed by atoms with van der Waals surface area (Å²) in [5.41, 5.74) is -13.2. The van der Waals surface area contributed by atoms with E-state index >= 15 is 19.2 Å². The highest BCUT2D eigenvalue weighted by Gasteiger charge is 2.66. The second-order valence-electron chi connectivity index (χ2n) is 23.5. The van der Waals surface area contributed by atoms with Crippen molar-refractivity contribution in [1.29, 1.82) is 0 Å². The number of carboxylic acid groups (broad SMARTS) is 8. The fraction of sp³-hybridized carbons (Fsp3) is 0.158. The summed E-state index contributed by atoms with van der Waals surface area (Å²) in [6.45, 7) is -4.83. The van der Waals surface area contributed by atoms with E-state index in [0.717, 1.165) is 170 Å². The van der Waals surface area contributed by atoms with Gasteiger partial charge in [0.05, 0.1) is 89.0 Å². The van der Waals surface area contributed by atoms with Crippen molar-refractivity contribution in [2.24, 2.45) is 0 Å². The summed E-state index contributed by atoms with van der Waals surface area (Å²) < 4.78 is 67.4. The Bertz CT molecular complexity index is 5120. The van der Waals surface area contributed by atoms with Gasteiger partial charge < -0.3 is 93.0 Å². The molecule has 0 bridgehead atoms. The molecule has 35 heteroatoms. The van der Waals surface area contributed by atoms with E-state index < -0.39 is 259 Å². The topological polar surface area (TPSA) is 536 Å².